The Hall–Kier alpha value is -1.76. The number of hydrogen-bond acceptors (Lipinski definition) is 4. The minimum atomic E-state index is -0.378. The zero-order valence-corrected chi connectivity index (χ0v) is 13.4. The van der Waals surface area contributed by atoms with Crippen LogP contribution in [0.25, 0.3) is 0 Å². The number of carbonyl (C=O) groups is 2. The maximum absolute atomic E-state index is 13.4. The number of carbonyl (C=O) groups excluding carboxylic acids is 2. The second-order valence-electron chi connectivity index (χ2n) is 5.03. The fourth-order valence-corrected chi connectivity index (χ4v) is 3.15. The van der Waals surface area contributed by atoms with Crippen LogP contribution in [0.2, 0.25) is 0 Å². The molecule has 0 aliphatic carbocycles. The molecule has 5 nitrogen and oxygen atoms in total. The lowest BCUT2D eigenvalue weighted by molar-refractivity contribution is -0.121. The highest BCUT2D eigenvalue weighted by Gasteiger charge is 2.22. The maximum Gasteiger partial charge on any atom is 0.281 e. The van der Waals surface area contributed by atoms with Gasteiger partial charge in [-0.05, 0) is 25.1 Å². The second kappa shape index (κ2) is 7.49. The molecule has 0 radical (unpaired) electrons. The molecule has 1 N–H and O–H groups in total. The number of rotatable bonds is 6. The molecular weight excluding hydrogens is 307 g/mol. The lowest BCUT2D eigenvalue weighted by atomic mass is 10.1. The molecule has 1 aromatic rings. The third-order valence-electron chi connectivity index (χ3n) is 3.49. The number of hydrogen-bond donors (Lipinski definition) is 1. The van der Waals surface area contributed by atoms with Crippen molar-refractivity contribution in [3.8, 4) is 5.75 Å². The number of benzene rings is 1. The zero-order valence-electron chi connectivity index (χ0n) is 12.6. The summed E-state index contributed by atoms with van der Waals surface area (Å²) in [5.41, 5.74) is 0.587. The first-order valence-electron chi connectivity index (χ1n) is 7.05. The van der Waals surface area contributed by atoms with Crippen LogP contribution in [-0.2, 0) is 4.79 Å². The highest BCUT2D eigenvalue weighted by molar-refractivity contribution is 8.13. The summed E-state index contributed by atoms with van der Waals surface area (Å²) in [5.74, 6) is 0.748. The van der Waals surface area contributed by atoms with E-state index in [0.717, 1.165) is 5.75 Å². The molecule has 0 unspecified atom stereocenters. The molecule has 0 bridgehead atoms. The Kier molecular flexibility index (Phi) is 5.65. The van der Waals surface area contributed by atoms with Gasteiger partial charge in [0.1, 0.15) is 11.6 Å². The summed E-state index contributed by atoms with van der Waals surface area (Å²) < 4.78 is 18.5. The van der Waals surface area contributed by atoms with Crippen molar-refractivity contribution in [2.24, 2.45) is 0 Å². The van der Waals surface area contributed by atoms with Crippen LogP contribution >= 0.6 is 11.8 Å². The monoisotopic (exact) mass is 326 g/mol. The van der Waals surface area contributed by atoms with Crippen molar-refractivity contribution in [3.05, 3.63) is 29.6 Å². The van der Waals surface area contributed by atoms with Gasteiger partial charge < -0.3 is 15.0 Å². The highest BCUT2D eigenvalue weighted by atomic mass is 32.2. The van der Waals surface area contributed by atoms with Gasteiger partial charge >= 0.3 is 0 Å². The molecule has 2 amide bonds. The van der Waals surface area contributed by atoms with Crippen LogP contribution in [0.3, 0.4) is 0 Å². The molecule has 22 heavy (non-hydrogen) atoms. The summed E-state index contributed by atoms with van der Waals surface area (Å²) >= 11 is 1.27. The van der Waals surface area contributed by atoms with Gasteiger partial charge in [-0.15, -0.1) is 0 Å². The molecule has 1 fully saturated rings. The molecule has 7 heteroatoms. The van der Waals surface area contributed by atoms with E-state index in [4.69, 9.17) is 4.74 Å². The van der Waals surface area contributed by atoms with Gasteiger partial charge in [-0.3, -0.25) is 9.59 Å². The molecule has 0 spiro atoms. The van der Waals surface area contributed by atoms with Gasteiger partial charge in [-0.2, -0.15) is 0 Å². The maximum atomic E-state index is 13.4. The minimum Gasteiger partial charge on any atom is -0.496 e. The van der Waals surface area contributed by atoms with Crippen LogP contribution < -0.4 is 10.1 Å². The van der Waals surface area contributed by atoms with Crippen LogP contribution in [-0.4, -0.2) is 42.0 Å². The number of amides is 2. The Morgan fingerprint density at radius 3 is 2.95 bits per heavy atom. The summed E-state index contributed by atoms with van der Waals surface area (Å²) in [6.07, 6.45) is 0.230. The number of halogens is 1. The first-order chi connectivity index (χ1) is 10.5. The summed E-state index contributed by atoms with van der Waals surface area (Å²) in [6.45, 7) is 2.86. The third kappa shape index (κ3) is 4.13. The molecule has 1 aliphatic heterocycles. The van der Waals surface area contributed by atoms with Crippen molar-refractivity contribution >= 4 is 22.9 Å². The van der Waals surface area contributed by atoms with E-state index in [-0.39, 0.29) is 29.4 Å². The van der Waals surface area contributed by atoms with Crippen LogP contribution in [0.15, 0.2) is 18.2 Å². The molecule has 1 saturated heterocycles. The predicted molar refractivity (Wildman–Crippen MR) is 83.6 cm³/mol. The van der Waals surface area contributed by atoms with Crippen LogP contribution in [0.4, 0.5) is 9.18 Å². The van der Waals surface area contributed by atoms with Crippen molar-refractivity contribution in [1.29, 1.82) is 0 Å². The normalized spacial score (nSPS) is 15.8. The topological polar surface area (TPSA) is 58.6 Å². The van der Waals surface area contributed by atoms with E-state index >= 15 is 0 Å². The van der Waals surface area contributed by atoms with Gasteiger partial charge in [0.05, 0.1) is 13.2 Å². The van der Waals surface area contributed by atoms with Gasteiger partial charge in [0.25, 0.3) is 5.24 Å². The van der Waals surface area contributed by atoms with E-state index in [0.29, 0.717) is 24.4 Å². The average molecular weight is 326 g/mol. The Balaban J connectivity index is 1.90. The van der Waals surface area contributed by atoms with Crippen molar-refractivity contribution < 1.29 is 18.7 Å². The molecule has 120 valence electrons. The predicted octanol–water partition coefficient (Wildman–Crippen LogP) is 2.57. The summed E-state index contributed by atoms with van der Waals surface area (Å²) in [5, 5.41) is 2.83. The molecule has 1 heterocycles. The Morgan fingerprint density at radius 2 is 2.32 bits per heavy atom. The van der Waals surface area contributed by atoms with Crippen LogP contribution in [0.5, 0.6) is 5.75 Å². The highest BCUT2D eigenvalue weighted by Crippen LogP contribution is 2.26. The smallest absolute Gasteiger partial charge is 0.281 e. The van der Waals surface area contributed by atoms with Crippen molar-refractivity contribution in [1.82, 2.24) is 10.2 Å². The largest absolute Gasteiger partial charge is 0.496 e. The first-order valence-corrected chi connectivity index (χ1v) is 8.04. The second-order valence-corrected chi connectivity index (χ2v) is 6.07. The van der Waals surface area contributed by atoms with E-state index in [1.54, 1.807) is 11.8 Å². The summed E-state index contributed by atoms with van der Waals surface area (Å²) in [7, 11) is 1.50. The molecule has 1 atom stereocenters. The van der Waals surface area contributed by atoms with E-state index in [2.05, 4.69) is 5.32 Å². The lowest BCUT2D eigenvalue weighted by Crippen LogP contribution is -2.32. The quantitative estimate of drug-likeness (QED) is 0.873. The van der Waals surface area contributed by atoms with E-state index in [1.807, 2.05) is 0 Å². The van der Waals surface area contributed by atoms with E-state index in [1.165, 1.54) is 37.1 Å². The minimum absolute atomic E-state index is 0.0210. The standard InChI is InChI=1S/C15H19FN2O3S/c1-10(12-9-11(16)3-4-13(12)21-2)17-14(19)5-6-18-7-8-22-15(18)20/h3-4,9-10H,5-8H2,1-2H3,(H,17,19)/t10-/m0/s1. The molecule has 0 saturated carbocycles. The van der Waals surface area contributed by atoms with Gasteiger partial charge in [0.2, 0.25) is 5.91 Å². The Bertz CT molecular complexity index is 568. The first kappa shape index (κ1) is 16.6. The Labute approximate surface area is 133 Å². The SMILES string of the molecule is COc1ccc(F)cc1[C@H](C)NC(=O)CCN1CCSC1=O. The molecule has 0 aromatic heterocycles. The van der Waals surface area contributed by atoms with Crippen LogP contribution in [0, 0.1) is 5.82 Å². The fourth-order valence-electron chi connectivity index (χ4n) is 2.30. The molecule has 1 aromatic carbocycles. The third-order valence-corrected chi connectivity index (χ3v) is 4.38. The van der Waals surface area contributed by atoms with Gasteiger partial charge in [-0.25, -0.2) is 4.39 Å². The zero-order chi connectivity index (χ0) is 16.1. The molecular formula is C15H19FN2O3S. The number of methoxy groups -OCH3 is 1. The van der Waals surface area contributed by atoms with Crippen molar-refractivity contribution in [2.75, 3.05) is 26.0 Å². The number of nitrogens with one attached hydrogen (secondary N) is 1. The average Bonchev–Trinajstić information content (AvgIpc) is 2.90. The lowest BCUT2D eigenvalue weighted by Gasteiger charge is -2.19. The van der Waals surface area contributed by atoms with Gasteiger partial charge in [0.15, 0.2) is 0 Å². The fraction of sp³-hybridized carbons (Fsp3) is 0.467. The summed E-state index contributed by atoms with van der Waals surface area (Å²) in [6, 6.07) is 3.83. The Morgan fingerprint density at radius 1 is 1.55 bits per heavy atom. The molecule has 1 aliphatic rings. The molecule has 2 rings (SSSR count). The number of nitrogens with zero attached hydrogens (tertiary/aromatic N) is 1. The van der Waals surface area contributed by atoms with E-state index < -0.39 is 0 Å². The summed E-state index contributed by atoms with van der Waals surface area (Å²) in [4.78, 5) is 25.1. The van der Waals surface area contributed by atoms with Crippen LogP contribution in [0.1, 0.15) is 24.9 Å². The van der Waals surface area contributed by atoms with E-state index in [9.17, 15) is 14.0 Å². The number of thioether (sulfide) groups is 1. The van der Waals surface area contributed by atoms with Gasteiger partial charge in [0, 0.05) is 30.8 Å². The number of ether oxygens (including phenoxy) is 1. The van der Waals surface area contributed by atoms with Crippen molar-refractivity contribution in [3.63, 3.8) is 0 Å². The van der Waals surface area contributed by atoms with Gasteiger partial charge in [-0.1, -0.05) is 11.8 Å². The van der Waals surface area contributed by atoms with Crippen molar-refractivity contribution in [2.45, 2.75) is 19.4 Å².